The molecule has 0 spiro atoms. The van der Waals surface area contributed by atoms with Gasteiger partial charge in [-0.2, -0.15) is 0 Å². The Labute approximate surface area is 76.4 Å². The van der Waals surface area contributed by atoms with Crippen LogP contribution in [0.15, 0.2) is 12.1 Å². The van der Waals surface area contributed by atoms with Crippen LogP contribution in [0.1, 0.15) is 23.0 Å². The topological polar surface area (TPSA) is 76.2 Å². The van der Waals surface area contributed by atoms with Crippen LogP contribution in [0.3, 0.4) is 0 Å². The Morgan fingerprint density at radius 1 is 1.54 bits per heavy atom. The Kier molecular flexibility index (Phi) is 2.63. The fourth-order valence-electron chi connectivity index (χ4n) is 1.16. The number of aliphatic carboxylic acids is 1. The minimum atomic E-state index is -1.03. The van der Waals surface area contributed by atoms with Crippen LogP contribution in [0.5, 0.6) is 0 Å². The molecule has 1 aromatic rings. The first kappa shape index (κ1) is 9.67. The number of aryl methyl sites for hydroxylation is 2. The highest BCUT2D eigenvalue weighted by Gasteiger charge is 2.16. The van der Waals surface area contributed by atoms with E-state index >= 15 is 0 Å². The standard InChI is InChI=1S/C9H12N2O2/c1-5-3-4-7(6(2)11-5)8(10)9(12)13/h3-4,8H,10H2,1-2H3,(H,12,13). The number of carboxylic acids is 1. The Morgan fingerprint density at radius 3 is 2.62 bits per heavy atom. The zero-order valence-electron chi connectivity index (χ0n) is 7.61. The summed E-state index contributed by atoms with van der Waals surface area (Å²) in [6.07, 6.45) is 0. The summed E-state index contributed by atoms with van der Waals surface area (Å²) in [6.45, 7) is 3.61. The third-order valence-corrected chi connectivity index (χ3v) is 1.87. The third-order valence-electron chi connectivity index (χ3n) is 1.87. The van der Waals surface area contributed by atoms with Gasteiger partial charge in [0.1, 0.15) is 6.04 Å². The third kappa shape index (κ3) is 2.03. The van der Waals surface area contributed by atoms with E-state index in [4.69, 9.17) is 10.8 Å². The van der Waals surface area contributed by atoms with E-state index in [2.05, 4.69) is 4.98 Å². The van der Waals surface area contributed by atoms with Crippen LogP contribution in [0, 0.1) is 13.8 Å². The average molecular weight is 180 g/mol. The summed E-state index contributed by atoms with van der Waals surface area (Å²) in [6, 6.07) is 2.48. The van der Waals surface area contributed by atoms with Crippen molar-refractivity contribution in [1.82, 2.24) is 4.98 Å². The molecule has 0 fully saturated rings. The van der Waals surface area contributed by atoms with Crippen LogP contribution >= 0.6 is 0 Å². The van der Waals surface area contributed by atoms with Crippen molar-refractivity contribution < 1.29 is 9.90 Å². The van der Waals surface area contributed by atoms with Gasteiger partial charge in [0, 0.05) is 17.0 Å². The second-order valence-electron chi connectivity index (χ2n) is 2.94. The molecule has 13 heavy (non-hydrogen) atoms. The number of carbonyl (C=O) groups is 1. The molecule has 4 nitrogen and oxygen atoms in total. The second kappa shape index (κ2) is 3.53. The molecule has 0 aliphatic rings. The summed E-state index contributed by atoms with van der Waals surface area (Å²) in [7, 11) is 0. The lowest BCUT2D eigenvalue weighted by Crippen LogP contribution is -2.22. The van der Waals surface area contributed by atoms with Crippen molar-refractivity contribution in [3.8, 4) is 0 Å². The maximum Gasteiger partial charge on any atom is 0.325 e. The van der Waals surface area contributed by atoms with E-state index in [1.54, 1.807) is 19.1 Å². The van der Waals surface area contributed by atoms with Gasteiger partial charge in [-0.05, 0) is 19.9 Å². The lowest BCUT2D eigenvalue weighted by molar-refractivity contribution is -0.138. The normalized spacial score (nSPS) is 12.5. The smallest absolute Gasteiger partial charge is 0.325 e. The van der Waals surface area contributed by atoms with E-state index in [9.17, 15) is 4.79 Å². The monoisotopic (exact) mass is 180 g/mol. The van der Waals surface area contributed by atoms with Crippen LogP contribution in [0.2, 0.25) is 0 Å². The van der Waals surface area contributed by atoms with E-state index in [-0.39, 0.29) is 0 Å². The number of hydrogen-bond donors (Lipinski definition) is 2. The van der Waals surface area contributed by atoms with Crippen LogP contribution in [0.25, 0.3) is 0 Å². The van der Waals surface area contributed by atoms with Gasteiger partial charge in [-0.15, -0.1) is 0 Å². The van der Waals surface area contributed by atoms with Gasteiger partial charge < -0.3 is 10.8 Å². The SMILES string of the molecule is Cc1ccc(C(N)C(=O)O)c(C)n1. The summed E-state index contributed by atoms with van der Waals surface area (Å²) in [5.41, 5.74) is 7.55. The first-order valence-corrected chi connectivity index (χ1v) is 3.95. The minimum absolute atomic E-state index is 0.568. The van der Waals surface area contributed by atoms with Crippen molar-refractivity contribution in [2.24, 2.45) is 5.73 Å². The molecule has 0 aliphatic heterocycles. The zero-order chi connectivity index (χ0) is 10.0. The number of nitrogens with zero attached hydrogens (tertiary/aromatic N) is 1. The van der Waals surface area contributed by atoms with Crippen molar-refractivity contribution >= 4 is 5.97 Å². The molecule has 0 radical (unpaired) electrons. The lowest BCUT2D eigenvalue weighted by Gasteiger charge is -2.09. The molecular weight excluding hydrogens is 168 g/mol. The van der Waals surface area contributed by atoms with E-state index in [1.807, 2.05) is 6.92 Å². The molecule has 1 heterocycles. The van der Waals surface area contributed by atoms with Crippen LogP contribution in [-0.2, 0) is 4.79 Å². The molecule has 0 aliphatic carbocycles. The number of hydrogen-bond acceptors (Lipinski definition) is 3. The van der Waals surface area contributed by atoms with Gasteiger partial charge in [0.15, 0.2) is 0 Å². The molecule has 1 unspecified atom stereocenters. The van der Waals surface area contributed by atoms with E-state index in [1.165, 1.54) is 0 Å². The molecule has 3 N–H and O–H groups in total. The summed E-state index contributed by atoms with van der Waals surface area (Å²) < 4.78 is 0. The van der Waals surface area contributed by atoms with Crippen LogP contribution < -0.4 is 5.73 Å². The van der Waals surface area contributed by atoms with E-state index < -0.39 is 12.0 Å². The lowest BCUT2D eigenvalue weighted by atomic mass is 10.1. The molecule has 4 heteroatoms. The van der Waals surface area contributed by atoms with Crippen molar-refractivity contribution in [3.05, 3.63) is 29.1 Å². The number of pyridine rings is 1. The zero-order valence-corrected chi connectivity index (χ0v) is 7.61. The van der Waals surface area contributed by atoms with Gasteiger partial charge in [-0.3, -0.25) is 9.78 Å². The summed E-state index contributed by atoms with van der Waals surface area (Å²) >= 11 is 0. The van der Waals surface area contributed by atoms with E-state index in [0.717, 1.165) is 5.69 Å². The molecule has 70 valence electrons. The number of aromatic nitrogens is 1. The maximum absolute atomic E-state index is 10.6. The Morgan fingerprint density at radius 2 is 2.15 bits per heavy atom. The molecule has 0 aromatic carbocycles. The average Bonchev–Trinajstić information content (AvgIpc) is 2.03. The van der Waals surface area contributed by atoms with Crippen molar-refractivity contribution in [2.45, 2.75) is 19.9 Å². The largest absolute Gasteiger partial charge is 0.480 e. The molecule has 1 atom stereocenters. The second-order valence-corrected chi connectivity index (χ2v) is 2.94. The van der Waals surface area contributed by atoms with Crippen molar-refractivity contribution in [1.29, 1.82) is 0 Å². The highest BCUT2D eigenvalue weighted by molar-refractivity contribution is 5.75. The molecule has 0 amide bonds. The van der Waals surface area contributed by atoms with Gasteiger partial charge in [0.25, 0.3) is 0 Å². The first-order chi connectivity index (χ1) is 6.02. The van der Waals surface area contributed by atoms with E-state index in [0.29, 0.717) is 11.3 Å². The molecule has 0 saturated heterocycles. The number of nitrogens with two attached hydrogens (primary N) is 1. The Hall–Kier alpha value is -1.42. The van der Waals surface area contributed by atoms with Gasteiger partial charge in [0.05, 0.1) is 0 Å². The van der Waals surface area contributed by atoms with Gasteiger partial charge >= 0.3 is 5.97 Å². The fourth-order valence-corrected chi connectivity index (χ4v) is 1.16. The highest BCUT2D eigenvalue weighted by Crippen LogP contribution is 2.14. The first-order valence-electron chi connectivity index (χ1n) is 3.95. The van der Waals surface area contributed by atoms with Gasteiger partial charge in [-0.1, -0.05) is 6.07 Å². The summed E-state index contributed by atoms with van der Waals surface area (Å²) in [4.78, 5) is 14.7. The fraction of sp³-hybridized carbons (Fsp3) is 0.333. The highest BCUT2D eigenvalue weighted by atomic mass is 16.4. The summed E-state index contributed by atoms with van der Waals surface area (Å²) in [5.74, 6) is -1.03. The number of rotatable bonds is 2. The molecule has 1 rings (SSSR count). The van der Waals surface area contributed by atoms with Crippen LogP contribution in [-0.4, -0.2) is 16.1 Å². The Bertz CT molecular complexity index is 336. The minimum Gasteiger partial charge on any atom is -0.480 e. The molecule has 0 saturated carbocycles. The molecule has 0 bridgehead atoms. The van der Waals surface area contributed by atoms with Gasteiger partial charge in [0.2, 0.25) is 0 Å². The molecular formula is C9H12N2O2. The Balaban J connectivity index is 3.08. The maximum atomic E-state index is 10.6. The van der Waals surface area contributed by atoms with Crippen molar-refractivity contribution in [2.75, 3.05) is 0 Å². The van der Waals surface area contributed by atoms with Crippen LogP contribution in [0.4, 0.5) is 0 Å². The van der Waals surface area contributed by atoms with Gasteiger partial charge in [-0.25, -0.2) is 0 Å². The predicted octanol–water partition coefficient (Wildman–Crippen LogP) is 0.783. The molecule has 1 aromatic heterocycles. The van der Waals surface area contributed by atoms with Crippen molar-refractivity contribution in [3.63, 3.8) is 0 Å². The predicted molar refractivity (Wildman–Crippen MR) is 48.3 cm³/mol. The quantitative estimate of drug-likeness (QED) is 0.705. The summed E-state index contributed by atoms with van der Waals surface area (Å²) in [5, 5.41) is 8.68. The number of carboxylic acid groups (broad SMARTS) is 1.